The van der Waals surface area contributed by atoms with Crippen molar-refractivity contribution in [2.24, 2.45) is 0 Å². The van der Waals surface area contributed by atoms with Gasteiger partial charge < -0.3 is 5.32 Å². The number of nitrogens with one attached hydrogen (secondary N) is 1. The molecular weight excluding hydrogens is 561 g/mol. The number of hydrogen-bond acceptors (Lipinski definition) is 6. The number of thiazole rings is 1. The number of anilines is 1. The molecule has 6 nitrogen and oxygen atoms in total. The molecule has 0 fully saturated rings. The molecule has 0 saturated heterocycles. The van der Waals surface area contributed by atoms with Crippen LogP contribution in [0.5, 0.6) is 0 Å². The topological polar surface area (TPSA) is 72.7 Å². The number of aromatic nitrogens is 4. The molecule has 5 rings (SSSR count). The normalized spacial score (nSPS) is 10.9. The van der Waals surface area contributed by atoms with Crippen molar-refractivity contribution in [3.63, 3.8) is 0 Å². The summed E-state index contributed by atoms with van der Waals surface area (Å²) in [6.07, 6.45) is 2.53. The van der Waals surface area contributed by atoms with Crippen LogP contribution < -0.4 is 5.32 Å². The number of carbonyl (C=O) groups is 1. The van der Waals surface area contributed by atoms with Gasteiger partial charge in [0.05, 0.1) is 5.75 Å². The first kappa shape index (κ1) is 24.4. The Morgan fingerprint density at radius 3 is 2.50 bits per heavy atom. The maximum Gasteiger partial charge on any atom is 0.236 e. The van der Waals surface area contributed by atoms with Crippen molar-refractivity contribution in [2.75, 3.05) is 11.1 Å². The van der Waals surface area contributed by atoms with Gasteiger partial charge in [-0.25, -0.2) is 9.37 Å². The number of thioether (sulfide) groups is 1. The molecule has 0 unspecified atom stereocenters. The van der Waals surface area contributed by atoms with Crippen molar-refractivity contribution >= 4 is 50.1 Å². The van der Waals surface area contributed by atoms with Crippen LogP contribution in [0.2, 0.25) is 0 Å². The van der Waals surface area contributed by atoms with Crippen molar-refractivity contribution in [2.45, 2.75) is 11.6 Å². The summed E-state index contributed by atoms with van der Waals surface area (Å²) in [6.45, 7) is 0. The number of nitrogens with zero attached hydrogens (tertiary/aromatic N) is 4. The van der Waals surface area contributed by atoms with E-state index in [2.05, 4.69) is 48.6 Å². The molecule has 2 heterocycles. The van der Waals surface area contributed by atoms with Gasteiger partial charge >= 0.3 is 0 Å². The fourth-order valence-electron chi connectivity index (χ4n) is 3.50. The van der Waals surface area contributed by atoms with Gasteiger partial charge in [-0.15, -0.1) is 21.5 Å². The van der Waals surface area contributed by atoms with Gasteiger partial charge in [0, 0.05) is 33.2 Å². The van der Waals surface area contributed by atoms with Crippen molar-refractivity contribution in [1.82, 2.24) is 19.7 Å². The maximum atomic E-state index is 13.5. The minimum atomic E-state index is -0.329. The van der Waals surface area contributed by atoms with E-state index in [4.69, 9.17) is 0 Å². The third-order valence-corrected chi connectivity index (χ3v) is 7.54. The van der Waals surface area contributed by atoms with Gasteiger partial charge in [0.2, 0.25) is 5.91 Å². The molecule has 0 bridgehead atoms. The average molecular weight is 581 g/mol. The van der Waals surface area contributed by atoms with Crippen LogP contribution in [0.1, 0.15) is 10.4 Å². The Morgan fingerprint density at radius 2 is 1.75 bits per heavy atom. The lowest BCUT2D eigenvalue weighted by molar-refractivity contribution is -0.113. The van der Waals surface area contributed by atoms with Gasteiger partial charge in [-0.1, -0.05) is 70.2 Å². The SMILES string of the molecule is O=C(CSc1nnc(-c2ccccc2)n1-c1ccc(F)cc1)Nc1ncc(Cc2ccc(Br)cc2)s1. The molecule has 1 amide bonds. The highest BCUT2D eigenvalue weighted by molar-refractivity contribution is 9.10. The summed E-state index contributed by atoms with van der Waals surface area (Å²) < 4.78 is 16.4. The average Bonchev–Trinajstić information content (AvgIpc) is 3.52. The molecule has 0 saturated carbocycles. The number of halogens is 2. The highest BCUT2D eigenvalue weighted by Crippen LogP contribution is 2.28. The molecule has 0 spiro atoms. The van der Waals surface area contributed by atoms with E-state index in [1.54, 1.807) is 18.3 Å². The van der Waals surface area contributed by atoms with Crippen molar-refractivity contribution in [3.8, 4) is 17.1 Å². The summed E-state index contributed by atoms with van der Waals surface area (Å²) in [5.74, 6) is 0.210. The van der Waals surface area contributed by atoms with Crippen molar-refractivity contribution in [1.29, 1.82) is 0 Å². The molecule has 2 aromatic heterocycles. The molecular formula is C26H19BrFN5OS2. The third-order valence-electron chi connectivity index (χ3n) is 5.17. The Kier molecular flexibility index (Phi) is 7.55. The van der Waals surface area contributed by atoms with E-state index in [0.717, 1.165) is 21.3 Å². The first-order valence-corrected chi connectivity index (χ1v) is 13.5. The van der Waals surface area contributed by atoms with E-state index >= 15 is 0 Å². The molecule has 1 N–H and O–H groups in total. The lowest BCUT2D eigenvalue weighted by atomic mass is 10.1. The molecule has 0 atom stereocenters. The Balaban J connectivity index is 1.28. The smallest absolute Gasteiger partial charge is 0.236 e. The van der Waals surface area contributed by atoms with E-state index in [0.29, 0.717) is 21.8 Å². The summed E-state index contributed by atoms with van der Waals surface area (Å²) in [4.78, 5) is 18.1. The number of carbonyl (C=O) groups excluding carboxylic acids is 1. The molecule has 10 heteroatoms. The zero-order valence-corrected chi connectivity index (χ0v) is 22.0. The second-order valence-corrected chi connectivity index (χ2v) is 10.7. The monoisotopic (exact) mass is 579 g/mol. The van der Waals surface area contributed by atoms with Crippen LogP contribution in [0.4, 0.5) is 9.52 Å². The quantitative estimate of drug-likeness (QED) is 0.209. The first-order chi connectivity index (χ1) is 17.5. The summed E-state index contributed by atoms with van der Waals surface area (Å²) in [5.41, 5.74) is 2.75. The van der Waals surface area contributed by atoms with Gasteiger partial charge in [-0.2, -0.15) is 0 Å². The Labute approximate surface area is 223 Å². The van der Waals surface area contributed by atoms with E-state index in [9.17, 15) is 9.18 Å². The summed E-state index contributed by atoms with van der Waals surface area (Å²) in [5, 5.41) is 12.6. The Morgan fingerprint density at radius 1 is 1.00 bits per heavy atom. The van der Waals surface area contributed by atoms with Gasteiger partial charge in [0.15, 0.2) is 16.1 Å². The summed E-state index contributed by atoms with van der Waals surface area (Å²) >= 11 is 6.15. The van der Waals surface area contributed by atoms with Crippen LogP contribution in [0.3, 0.4) is 0 Å². The lowest BCUT2D eigenvalue weighted by Gasteiger charge is -2.10. The van der Waals surface area contributed by atoms with Gasteiger partial charge in [0.1, 0.15) is 5.82 Å². The van der Waals surface area contributed by atoms with Crippen LogP contribution in [0.15, 0.2) is 94.7 Å². The van der Waals surface area contributed by atoms with Gasteiger partial charge in [-0.05, 0) is 42.0 Å². The van der Waals surface area contributed by atoms with E-state index < -0.39 is 0 Å². The predicted octanol–water partition coefficient (Wildman–Crippen LogP) is 6.61. The van der Waals surface area contributed by atoms with Gasteiger partial charge in [-0.3, -0.25) is 9.36 Å². The fraction of sp³-hybridized carbons (Fsp3) is 0.0769. The number of benzene rings is 3. The second-order valence-electron chi connectivity index (χ2n) is 7.76. The van der Waals surface area contributed by atoms with Crippen LogP contribution in [0, 0.1) is 5.82 Å². The predicted molar refractivity (Wildman–Crippen MR) is 145 cm³/mol. The van der Waals surface area contributed by atoms with Crippen molar-refractivity contribution in [3.05, 3.63) is 106 Å². The first-order valence-electron chi connectivity index (χ1n) is 10.9. The summed E-state index contributed by atoms with van der Waals surface area (Å²) in [6, 6.07) is 23.8. The fourth-order valence-corrected chi connectivity index (χ4v) is 5.38. The molecule has 5 aromatic rings. The minimum Gasteiger partial charge on any atom is -0.301 e. The zero-order valence-electron chi connectivity index (χ0n) is 18.8. The van der Waals surface area contributed by atoms with Gasteiger partial charge in [0.25, 0.3) is 0 Å². The molecule has 36 heavy (non-hydrogen) atoms. The zero-order chi connectivity index (χ0) is 24.9. The van der Waals surface area contributed by atoms with Crippen molar-refractivity contribution < 1.29 is 9.18 Å². The molecule has 0 aliphatic rings. The largest absolute Gasteiger partial charge is 0.301 e. The molecule has 180 valence electrons. The molecule has 0 aliphatic heterocycles. The van der Waals surface area contributed by atoms with E-state index in [-0.39, 0.29) is 17.5 Å². The summed E-state index contributed by atoms with van der Waals surface area (Å²) in [7, 11) is 0. The molecule has 0 radical (unpaired) electrons. The van der Waals surface area contributed by atoms with Crippen LogP contribution in [-0.4, -0.2) is 31.4 Å². The Hall–Kier alpha value is -3.34. The highest BCUT2D eigenvalue weighted by atomic mass is 79.9. The standard InChI is InChI=1S/C26H19BrFN5OS2/c27-19-8-6-17(7-9-19)14-22-15-29-25(36-22)30-23(34)16-35-26-32-31-24(18-4-2-1-3-5-18)33(26)21-12-10-20(28)11-13-21/h1-13,15H,14,16H2,(H,29,30,34). The second kappa shape index (κ2) is 11.2. The number of hydrogen-bond donors (Lipinski definition) is 1. The maximum absolute atomic E-state index is 13.5. The third kappa shape index (κ3) is 5.89. The number of amides is 1. The lowest BCUT2D eigenvalue weighted by Crippen LogP contribution is -2.14. The Bertz CT molecular complexity index is 1470. The van der Waals surface area contributed by atoms with Crippen LogP contribution in [0.25, 0.3) is 17.1 Å². The highest BCUT2D eigenvalue weighted by Gasteiger charge is 2.18. The van der Waals surface area contributed by atoms with Crippen LogP contribution in [-0.2, 0) is 11.2 Å². The van der Waals surface area contributed by atoms with E-state index in [1.807, 2.05) is 47.0 Å². The number of rotatable bonds is 8. The van der Waals surface area contributed by atoms with E-state index in [1.165, 1.54) is 40.8 Å². The molecule has 0 aliphatic carbocycles. The minimum absolute atomic E-state index is 0.121. The molecule has 3 aromatic carbocycles. The van der Waals surface area contributed by atoms with Crippen LogP contribution >= 0.6 is 39.0 Å².